The summed E-state index contributed by atoms with van der Waals surface area (Å²) in [6, 6.07) is 6.72. The highest BCUT2D eigenvalue weighted by atomic mass is 16.5. The molecule has 6 nitrogen and oxygen atoms in total. The fourth-order valence-electron chi connectivity index (χ4n) is 3.51. The molecule has 2 fully saturated rings. The van der Waals surface area contributed by atoms with E-state index in [0.717, 1.165) is 36.8 Å². The molecule has 2 amide bonds. The van der Waals surface area contributed by atoms with Crippen LogP contribution in [-0.4, -0.2) is 36.2 Å². The summed E-state index contributed by atoms with van der Waals surface area (Å²) in [6.45, 7) is 4.11. The van der Waals surface area contributed by atoms with Gasteiger partial charge in [-0.2, -0.15) is 0 Å². The number of benzene rings is 1. The van der Waals surface area contributed by atoms with Gasteiger partial charge in [0, 0.05) is 36.3 Å². The summed E-state index contributed by atoms with van der Waals surface area (Å²) < 4.78 is 10.9. The molecule has 2 aliphatic rings. The molecule has 0 unspecified atom stereocenters. The second kappa shape index (κ2) is 5.63. The van der Waals surface area contributed by atoms with Crippen molar-refractivity contribution in [3.05, 3.63) is 40.2 Å². The van der Waals surface area contributed by atoms with Crippen molar-refractivity contribution in [2.75, 3.05) is 25.0 Å². The minimum absolute atomic E-state index is 0.0284. The number of amides is 2. The monoisotopic (exact) mass is 328 g/mol. The molecule has 0 atom stereocenters. The number of likely N-dealkylation sites (tertiary alicyclic amines) is 1. The van der Waals surface area contributed by atoms with Gasteiger partial charge in [-0.1, -0.05) is 0 Å². The van der Waals surface area contributed by atoms with Crippen LogP contribution in [0.3, 0.4) is 0 Å². The summed E-state index contributed by atoms with van der Waals surface area (Å²) in [5.74, 6) is 0. The van der Waals surface area contributed by atoms with Gasteiger partial charge in [0.25, 0.3) is 0 Å². The summed E-state index contributed by atoms with van der Waals surface area (Å²) in [5.41, 5.74) is 1.62. The highest BCUT2D eigenvalue weighted by molar-refractivity contribution is 5.92. The van der Waals surface area contributed by atoms with Crippen molar-refractivity contribution in [2.45, 2.75) is 31.8 Å². The Kier molecular flexibility index (Phi) is 3.57. The van der Waals surface area contributed by atoms with Crippen LogP contribution in [0.25, 0.3) is 11.0 Å². The number of nitrogens with zero attached hydrogens (tertiary/aromatic N) is 1. The molecule has 2 aliphatic heterocycles. The number of fused-ring (bicyclic) bond motifs is 1. The third-order valence-electron chi connectivity index (χ3n) is 5.13. The largest absolute Gasteiger partial charge is 0.423 e. The lowest BCUT2D eigenvalue weighted by Gasteiger charge is -2.47. The Hall–Kier alpha value is -2.34. The molecule has 2 aromatic rings. The topological polar surface area (TPSA) is 71.8 Å². The van der Waals surface area contributed by atoms with Crippen LogP contribution in [0.15, 0.2) is 33.5 Å². The van der Waals surface area contributed by atoms with Crippen LogP contribution in [0.5, 0.6) is 0 Å². The van der Waals surface area contributed by atoms with Gasteiger partial charge in [-0.25, -0.2) is 9.59 Å². The molecule has 126 valence electrons. The molecule has 24 heavy (non-hydrogen) atoms. The van der Waals surface area contributed by atoms with Crippen molar-refractivity contribution in [2.24, 2.45) is 0 Å². The minimum atomic E-state index is -0.384. The maximum atomic E-state index is 12.4. The summed E-state index contributed by atoms with van der Waals surface area (Å²) in [7, 11) is 0. The lowest BCUT2D eigenvalue weighted by Crippen LogP contribution is -2.54. The zero-order chi connectivity index (χ0) is 16.7. The second-order valence-electron chi connectivity index (χ2n) is 6.66. The van der Waals surface area contributed by atoms with E-state index in [-0.39, 0.29) is 17.3 Å². The standard InChI is InChI=1S/C18H20N2O4/c1-12-10-16(21)24-15-11-13(2-3-14(12)15)19-17(22)20-7-4-18(5-8-20)6-9-23-18/h2-3,10-11H,4-9H2,1H3,(H,19,22). The molecule has 0 aliphatic carbocycles. The van der Waals surface area contributed by atoms with Crippen molar-refractivity contribution in [1.82, 2.24) is 4.90 Å². The summed E-state index contributed by atoms with van der Waals surface area (Å²) >= 11 is 0. The number of hydrogen-bond acceptors (Lipinski definition) is 4. The van der Waals surface area contributed by atoms with Gasteiger partial charge in [0.15, 0.2) is 0 Å². The number of ether oxygens (including phenoxy) is 1. The normalized spacial score (nSPS) is 19.3. The fraction of sp³-hybridized carbons (Fsp3) is 0.444. The smallest absolute Gasteiger partial charge is 0.336 e. The number of anilines is 1. The molecular weight excluding hydrogens is 308 g/mol. The van der Waals surface area contributed by atoms with Crippen LogP contribution in [0.2, 0.25) is 0 Å². The third kappa shape index (κ3) is 2.67. The molecule has 1 N–H and O–H groups in total. The van der Waals surface area contributed by atoms with E-state index in [0.29, 0.717) is 24.4 Å². The molecule has 6 heteroatoms. The lowest BCUT2D eigenvalue weighted by atomic mass is 9.84. The van der Waals surface area contributed by atoms with E-state index in [9.17, 15) is 9.59 Å². The molecule has 2 saturated heterocycles. The number of aryl methyl sites for hydroxylation is 1. The number of piperidine rings is 1. The Morgan fingerprint density at radius 2 is 1.96 bits per heavy atom. The van der Waals surface area contributed by atoms with Gasteiger partial charge in [0.1, 0.15) is 5.58 Å². The van der Waals surface area contributed by atoms with E-state index in [4.69, 9.17) is 9.15 Å². The first kappa shape index (κ1) is 15.2. The zero-order valence-corrected chi connectivity index (χ0v) is 13.6. The van der Waals surface area contributed by atoms with Crippen molar-refractivity contribution >= 4 is 22.7 Å². The Labute approximate surface area is 139 Å². The Balaban J connectivity index is 1.47. The molecule has 1 aromatic heterocycles. The average molecular weight is 328 g/mol. The highest BCUT2D eigenvalue weighted by Crippen LogP contribution is 2.36. The molecule has 0 bridgehead atoms. The Bertz CT molecular complexity index is 844. The van der Waals surface area contributed by atoms with Crippen LogP contribution in [0.1, 0.15) is 24.8 Å². The maximum absolute atomic E-state index is 12.4. The van der Waals surface area contributed by atoms with Crippen molar-refractivity contribution in [3.63, 3.8) is 0 Å². The van der Waals surface area contributed by atoms with Gasteiger partial charge in [-0.15, -0.1) is 0 Å². The van der Waals surface area contributed by atoms with Crippen molar-refractivity contribution in [1.29, 1.82) is 0 Å². The van der Waals surface area contributed by atoms with Crippen molar-refractivity contribution in [3.8, 4) is 0 Å². The highest BCUT2D eigenvalue weighted by Gasteiger charge is 2.41. The Morgan fingerprint density at radius 3 is 2.62 bits per heavy atom. The van der Waals surface area contributed by atoms with Gasteiger partial charge in [-0.05, 0) is 43.9 Å². The number of carbonyl (C=O) groups excluding carboxylic acids is 1. The van der Waals surface area contributed by atoms with E-state index in [1.807, 2.05) is 24.0 Å². The minimum Gasteiger partial charge on any atom is -0.423 e. The van der Waals surface area contributed by atoms with Crippen LogP contribution in [-0.2, 0) is 4.74 Å². The number of nitrogens with one attached hydrogen (secondary N) is 1. The average Bonchev–Trinajstić information content (AvgIpc) is 2.53. The molecule has 3 heterocycles. The number of hydrogen-bond donors (Lipinski definition) is 1. The second-order valence-corrected chi connectivity index (χ2v) is 6.66. The Morgan fingerprint density at radius 1 is 1.21 bits per heavy atom. The molecule has 1 aromatic carbocycles. The molecule has 4 rings (SSSR count). The SMILES string of the molecule is Cc1cc(=O)oc2cc(NC(=O)N3CCC4(CCO4)CC3)ccc12. The van der Waals surface area contributed by atoms with E-state index >= 15 is 0 Å². The van der Waals surface area contributed by atoms with E-state index < -0.39 is 0 Å². The first-order chi connectivity index (χ1) is 11.5. The van der Waals surface area contributed by atoms with Crippen LogP contribution >= 0.6 is 0 Å². The van der Waals surface area contributed by atoms with Gasteiger partial charge in [-0.3, -0.25) is 0 Å². The molecular formula is C18H20N2O4. The summed E-state index contributed by atoms with van der Waals surface area (Å²) in [5, 5.41) is 3.76. The molecule has 0 radical (unpaired) electrons. The third-order valence-corrected chi connectivity index (χ3v) is 5.13. The van der Waals surface area contributed by atoms with Crippen LogP contribution in [0, 0.1) is 6.92 Å². The predicted octanol–water partition coefficient (Wildman–Crippen LogP) is 2.89. The van der Waals surface area contributed by atoms with Gasteiger partial charge >= 0.3 is 11.7 Å². The van der Waals surface area contributed by atoms with Gasteiger partial charge in [0.2, 0.25) is 0 Å². The van der Waals surface area contributed by atoms with Crippen molar-refractivity contribution < 1.29 is 13.9 Å². The molecule has 0 saturated carbocycles. The van der Waals surface area contributed by atoms with E-state index in [2.05, 4.69) is 5.32 Å². The van der Waals surface area contributed by atoms with Gasteiger partial charge in [0.05, 0.1) is 12.2 Å². The predicted molar refractivity (Wildman–Crippen MR) is 90.3 cm³/mol. The lowest BCUT2D eigenvalue weighted by molar-refractivity contribution is -0.168. The maximum Gasteiger partial charge on any atom is 0.336 e. The molecule has 1 spiro atoms. The first-order valence-corrected chi connectivity index (χ1v) is 8.29. The van der Waals surface area contributed by atoms with E-state index in [1.54, 1.807) is 6.07 Å². The summed E-state index contributed by atoms with van der Waals surface area (Å²) in [6.07, 6.45) is 2.89. The summed E-state index contributed by atoms with van der Waals surface area (Å²) in [4.78, 5) is 25.8. The fourth-order valence-corrected chi connectivity index (χ4v) is 3.51. The van der Waals surface area contributed by atoms with Crippen LogP contribution < -0.4 is 10.9 Å². The number of urea groups is 1. The number of carbonyl (C=O) groups is 1. The van der Waals surface area contributed by atoms with E-state index in [1.165, 1.54) is 6.07 Å². The first-order valence-electron chi connectivity index (χ1n) is 8.29. The van der Waals surface area contributed by atoms with Gasteiger partial charge < -0.3 is 19.4 Å². The quantitative estimate of drug-likeness (QED) is 0.817. The zero-order valence-electron chi connectivity index (χ0n) is 13.6. The number of rotatable bonds is 1. The van der Waals surface area contributed by atoms with Crippen LogP contribution in [0.4, 0.5) is 10.5 Å².